The summed E-state index contributed by atoms with van der Waals surface area (Å²) in [4.78, 5) is 28.7. The summed E-state index contributed by atoms with van der Waals surface area (Å²) in [6.07, 6.45) is 1.86. The van der Waals surface area contributed by atoms with E-state index in [1.807, 2.05) is 0 Å². The zero-order chi connectivity index (χ0) is 25.2. The zero-order valence-corrected chi connectivity index (χ0v) is 19.6. The molecule has 186 valence electrons. The van der Waals surface area contributed by atoms with E-state index in [4.69, 9.17) is 22.1 Å². The lowest BCUT2D eigenvalue weighted by atomic mass is 10.1. The van der Waals surface area contributed by atoms with Crippen molar-refractivity contribution < 1.29 is 23.1 Å². The Morgan fingerprint density at radius 2 is 1.97 bits per heavy atom. The Labute approximate surface area is 206 Å². The molecule has 0 radical (unpaired) electrons. The van der Waals surface area contributed by atoms with Crippen LogP contribution in [0.3, 0.4) is 0 Å². The van der Waals surface area contributed by atoms with Crippen molar-refractivity contribution in [1.29, 1.82) is 0 Å². The average molecular weight is 506 g/mol. The predicted molar refractivity (Wildman–Crippen MR) is 130 cm³/mol. The number of nitrogens with two attached hydrogens (primary N) is 1. The number of nitrogens with zero attached hydrogens (tertiary/aromatic N) is 1. The molecule has 35 heavy (non-hydrogen) atoms. The summed E-state index contributed by atoms with van der Waals surface area (Å²) in [5.74, 6) is -1.05. The lowest BCUT2D eigenvalue weighted by Gasteiger charge is -2.19. The molecule has 1 heterocycles. The summed E-state index contributed by atoms with van der Waals surface area (Å²) in [6, 6.07) is 9.77. The van der Waals surface area contributed by atoms with E-state index in [2.05, 4.69) is 20.9 Å². The van der Waals surface area contributed by atoms with Crippen LogP contribution in [-0.2, 0) is 16.1 Å². The number of halogens is 3. The summed E-state index contributed by atoms with van der Waals surface area (Å²) < 4.78 is 32.2. The van der Waals surface area contributed by atoms with Crippen LogP contribution in [0.25, 0.3) is 10.8 Å². The first-order chi connectivity index (χ1) is 16.9. The van der Waals surface area contributed by atoms with E-state index in [-0.39, 0.29) is 36.4 Å². The number of nitrogens with one attached hydrogen (secondary N) is 3. The van der Waals surface area contributed by atoms with Gasteiger partial charge in [-0.05, 0) is 60.7 Å². The molecule has 0 fully saturated rings. The molecule has 2 amide bonds. The number of hydrogen-bond donors (Lipinski definition) is 4. The van der Waals surface area contributed by atoms with Crippen molar-refractivity contribution in [3.63, 3.8) is 0 Å². The van der Waals surface area contributed by atoms with Crippen LogP contribution in [0.2, 0.25) is 5.02 Å². The van der Waals surface area contributed by atoms with Crippen LogP contribution in [0, 0.1) is 11.6 Å². The van der Waals surface area contributed by atoms with Crippen molar-refractivity contribution in [2.24, 2.45) is 5.73 Å². The fraction of sp³-hybridized carbons (Fsp3) is 0.292. The highest BCUT2D eigenvalue weighted by Crippen LogP contribution is 2.19. The maximum atomic E-state index is 13.5. The second kappa shape index (κ2) is 12.9. The molecule has 0 spiro atoms. The van der Waals surface area contributed by atoms with E-state index in [1.54, 1.807) is 12.1 Å². The van der Waals surface area contributed by atoms with Crippen molar-refractivity contribution in [1.82, 2.24) is 15.6 Å². The number of ether oxygens (including phenoxy) is 1. The first-order valence-electron chi connectivity index (χ1n) is 11.0. The third kappa shape index (κ3) is 8.13. The maximum absolute atomic E-state index is 13.5. The summed E-state index contributed by atoms with van der Waals surface area (Å²) in [7, 11) is 0. The average Bonchev–Trinajstić information content (AvgIpc) is 2.83. The van der Waals surface area contributed by atoms with Crippen molar-refractivity contribution in [3.8, 4) is 0 Å². The van der Waals surface area contributed by atoms with Crippen molar-refractivity contribution >= 4 is 40.2 Å². The van der Waals surface area contributed by atoms with Crippen molar-refractivity contribution in [2.45, 2.75) is 25.4 Å². The topological polar surface area (TPSA) is 118 Å². The second-order valence-corrected chi connectivity index (χ2v) is 8.17. The molecular weight excluding hydrogens is 480 g/mol. The first-order valence-corrected chi connectivity index (χ1v) is 11.4. The number of aromatic nitrogens is 1. The van der Waals surface area contributed by atoms with Crippen LogP contribution in [0.15, 0.2) is 48.7 Å². The van der Waals surface area contributed by atoms with Crippen molar-refractivity contribution in [2.75, 3.05) is 25.0 Å². The number of rotatable bonds is 11. The zero-order valence-electron chi connectivity index (χ0n) is 18.8. The number of carbonyl (C=O) groups excluding carboxylic acids is 2. The molecule has 3 aromatic rings. The molecule has 3 rings (SSSR count). The Hall–Kier alpha value is -3.34. The summed E-state index contributed by atoms with van der Waals surface area (Å²) in [5, 5.41) is 9.49. The Kier molecular flexibility index (Phi) is 9.71. The largest absolute Gasteiger partial charge is 0.447 e. The van der Waals surface area contributed by atoms with Crippen LogP contribution in [0.4, 0.5) is 19.4 Å². The maximum Gasteiger partial charge on any atom is 0.412 e. The number of anilines is 1. The minimum Gasteiger partial charge on any atom is -0.447 e. The van der Waals surface area contributed by atoms with Gasteiger partial charge in [0.1, 0.15) is 24.1 Å². The number of amides is 2. The molecule has 5 N–H and O–H groups in total. The molecule has 2 aromatic carbocycles. The first kappa shape index (κ1) is 26.3. The Balaban J connectivity index is 1.48. The van der Waals surface area contributed by atoms with Gasteiger partial charge in [-0.1, -0.05) is 23.7 Å². The molecule has 0 aliphatic carbocycles. The van der Waals surface area contributed by atoms with Gasteiger partial charge in [-0.25, -0.2) is 18.6 Å². The highest BCUT2D eigenvalue weighted by molar-refractivity contribution is 6.31. The Morgan fingerprint density at radius 3 is 2.77 bits per heavy atom. The van der Waals surface area contributed by atoms with E-state index in [0.717, 1.165) is 5.39 Å². The number of benzene rings is 2. The van der Waals surface area contributed by atoms with Gasteiger partial charge in [0.15, 0.2) is 0 Å². The quantitative estimate of drug-likeness (QED) is 0.315. The number of pyridine rings is 1. The van der Waals surface area contributed by atoms with Gasteiger partial charge in [-0.2, -0.15) is 0 Å². The highest BCUT2D eigenvalue weighted by atomic mass is 35.5. The van der Waals surface area contributed by atoms with Gasteiger partial charge >= 0.3 is 6.09 Å². The van der Waals surface area contributed by atoms with E-state index in [1.165, 1.54) is 36.5 Å². The monoisotopic (exact) mass is 505 g/mol. The lowest BCUT2D eigenvalue weighted by molar-refractivity contribution is -0.121. The number of fused-ring (bicyclic) bond motifs is 1. The molecule has 0 saturated carbocycles. The normalized spacial score (nSPS) is 11.8. The molecule has 0 aliphatic rings. The van der Waals surface area contributed by atoms with E-state index in [9.17, 15) is 18.4 Å². The molecule has 0 saturated heterocycles. The highest BCUT2D eigenvalue weighted by Gasteiger charge is 2.15. The standard InChI is InChI=1S/C24H26ClF2N5O3/c25-23-16(3-1-5-20(23)27)11-29-13-22(33)31-19(4-2-8-28)14-35-24(34)32-21-10-17-9-18(26)7-6-15(17)12-30-21/h1,3,5-7,9-10,12,19,29H,2,4,8,11,13-14,28H2,(H,31,33)(H,30,32,34)/t19-/m0/s1. The Bertz CT molecular complexity index is 1180. The van der Waals surface area contributed by atoms with Crippen LogP contribution in [0.5, 0.6) is 0 Å². The third-order valence-corrected chi connectivity index (χ3v) is 5.51. The summed E-state index contributed by atoms with van der Waals surface area (Å²) >= 11 is 5.91. The second-order valence-electron chi connectivity index (χ2n) is 7.80. The minimum absolute atomic E-state index is 0.00619. The Morgan fingerprint density at radius 1 is 1.14 bits per heavy atom. The molecule has 0 bridgehead atoms. The van der Waals surface area contributed by atoms with Gasteiger partial charge in [-0.15, -0.1) is 0 Å². The molecule has 11 heteroatoms. The van der Waals surface area contributed by atoms with Crippen molar-refractivity contribution in [3.05, 3.63) is 70.9 Å². The molecule has 0 unspecified atom stereocenters. The summed E-state index contributed by atoms with van der Waals surface area (Å²) in [6.45, 7) is 0.483. The van der Waals surface area contributed by atoms with Gasteiger partial charge in [0.05, 0.1) is 17.6 Å². The van der Waals surface area contributed by atoms with Gasteiger partial charge < -0.3 is 21.1 Å². The van der Waals surface area contributed by atoms with E-state index in [0.29, 0.717) is 30.3 Å². The third-order valence-electron chi connectivity index (χ3n) is 5.08. The lowest BCUT2D eigenvalue weighted by Crippen LogP contribution is -2.43. The molecule has 1 atom stereocenters. The number of carbonyl (C=O) groups is 2. The van der Waals surface area contributed by atoms with Gasteiger partial charge in [0.2, 0.25) is 5.91 Å². The molecule has 8 nitrogen and oxygen atoms in total. The van der Waals surface area contributed by atoms with Crippen LogP contribution in [0.1, 0.15) is 18.4 Å². The fourth-order valence-electron chi connectivity index (χ4n) is 3.33. The van der Waals surface area contributed by atoms with Crippen LogP contribution in [-0.4, -0.2) is 42.7 Å². The van der Waals surface area contributed by atoms with Gasteiger partial charge in [0.25, 0.3) is 0 Å². The minimum atomic E-state index is -0.765. The van der Waals surface area contributed by atoms with Crippen LogP contribution >= 0.6 is 11.6 Å². The molecule has 0 aliphatic heterocycles. The van der Waals surface area contributed by atoms with E-state index >= 15 is 0 Å². The molecular formula is C24H26ClF2N5O3. The van der Waals surface area contributed by atoms with E-state index < -0.39 is 23.8 Å². The fourth-order valence-corrected chi connectivity index (χ4v) is 3.53. The smallest absolute Gasteiger partial charge is 0.412 e. The van der Waals surface area contributed by atoms with Gasteiger partial charge in [0, 0.05) is 18.1 Å². The molecule has 1 aromatic heterocycles. The predicted octanol–water partition coefficient (Wildman–Crippen LogP) is 3.73. The SMILES string of the molecule is NCCC[C@@H](COC(=O)Nc1cc2cc(F)ccc2cn1)NC(=O)CNCc1cccc(F)c1Cl. The summed E-state index contributed by atoms with van der Waals surface area (Å²) in [5.41, 5.74) is 6.10. The van der Waals surface area contributed by atoms with Crippen LogP contribution < -0.4 is 21.7 Å². The number of hydrogen-bond acceptors (Lipinski definition) is 6. The van der Waals surface area contributed by atoms with Gasteiger partial charge in [-0.3, -0.25) is 10.1 Å².